The van der Waals surface area contributed by atoms with E-state index in [9.17, 15) is 4.79 Å². The van der Waals surface area contributed by atoms with Crippen molar-refractivity contribution in [3.8, 4) is 0 Å². The molecule has 5 heteroatoms. The van der Waals surface area contributed by atoms with Crippen molar-refractivity contribution in [2.45, 2.75) is 29.2 Å². The van der Waals surface area contributed by atoms with Crippen LogP contribution in [0.25, 0.3) is 0 Å². The highest BCUT2D eigenvalue weighted by atomic mass is 79.9. The maximum absolute atomic E-state index is 12.5. The average molecular weight is 346 g/mol. The molecule has 0 N–H and O–H groups in total. The van der Waals surface area contributed by atoms with E-state index in [0.29, 0.717) is 16.1 Å². The summed E-state index contributed by atoms with van der Waals surface area (Å²) in [6.45, 7) is 5.97. The smallest absolute Gasteiger partial charge is 0.255 e. The van der Waals surface area contributed by atoms with Gasteiger partial charge < -0.3 is 4.90 Å². The second kappa shape index (κ2) is 5.88. The van der Waals surface area contributed by atoms with Crippen molar-refractivity contribution in [3.05, 3.63) is 28.2 Å². The Morgan fingerprint density at radius 3 is 2.56 bits per heavy atom. The number of hydrogen-bond donors (Lipinski definition) is 1. The number of nitrogens with zero attached hydrogens (tertiary/aromatic N) is 1. The molecule has 1 saturated heterocycles. The summed E-state index contributed by atoms with van der Waals surface area (Å²) in [6.07, 6.45) is 0. The van der Waals surface area contributed by atoms with E-state index in [0.717, 1.165) is 22.5 Å². The van der Waals surface area contributed by atoms with Crippen LogP contribution in [0, 0.1) is 0 Å². The minimum atomic E-state index is 0.0894. The highest BCUT2D eigenvalue weighted by Crippen LogP contribution is 2.27. The highest BCUT2D eigenvalue weighted by molar-refractivity contribution is 9.10. The largest absolute Gasteiger partial charge is 0.336 e. The summed E-state index contributed by atoms with van der Waals surface area (Å²) in [7, 11) is 0. The van der Waals surface area contributed by atoms with Crippen molar-refractivity contribution >= 4 is 46.2 Å². The van der Waals surface area contributed by atoms with Gasteiger partial charge in [-0.3, -0.25) is 4.79 Å². The molecule has 1 aromatic rings. The van der Waals surface area contributed by atoms with Crippen LogP contribution in [-0.4, -0.2) is 34.4 Å². The van der Waals surface area contributed by atoms with Gasteiger partial charge >= 0.3 is 0 Å². The van der Waals surface area contributed by atoms with Crippen molar-refractivity contribution in [2.75, 3.05) is 13.1 Å². The van der Waals surface area contributed by atoms with E-state index in [1.54, 1.807) is 0 Å². The molecule has 98 valence electrons. The van der Waals surface area contributed by atoms with E-state index in [2.05, 4.69) is 42.4 Å². The minimum absolute atomic E-state index is 0.0894. The van der Waals surface area contributed by atoms with E-state index in [1.165, 1.54) is 0 Å². The predicted molar refractivity (Wildman–Crippen MR) is 83.8 cm³/mol. The van der Waals surface area contributed by atoms with E-state index in [4.69, 9.17) is 0 Å². The number of halogens is 1. The van der Waals surface area contributed by atoms with Crippen LogP contribution in [0.15, 0.2) is 27.6 Å². The number of thioether (sulfide) groups is 1. The fourth-order valence-electron chi connectivity index (χ4n) is 2.20. The van der Waals surface area contributed by atoms with Crippen LogP contribution in [0.2, 0.25) is 0 Å². The predicted octanol–water partition coefficient (Wildman–Crippen LogP) is 3.70. The lowest BCUT2D eigenvalue weighted by Gasteiger charge is -2.34. The molecule has 0 aromatic heterocycles. The lowest BCUT2D eigenvalue weighted by molar-refractivity contribution is 0.0750. The molecular formula is C13H16BrNOS2. The van der Waals surface area contributed by atoms with Crippen LogP contribution in [0.3, 0.4) is 0 Å². The standard InChI is InChI=1S/C13H16BrNOS2/c1-8-6-15(7-9(2)18-8)13(16)11-4-3-10(14)5-12(11)17/h3-5,8-9,17H,6-7H2,1-2H3. The van der Waals surface area contributed by atoms with Gasteiger partial charge in [-0.15, -0.1) is 12.6 Å². The van der Waals surface area contributed by atoms with Crippen molar-refractivity contribution in [2.24, 2.45) is 0 Å². The SMILES string of the molecule is CC1CN(C(=O)c2ccc(Br)cc2S)CC(C)S1. The molecule has 2 nitrogen and oxygen atoms in total. The van der Waals surface area contributed by atoms with Gasteiger partial charge in [-0.2, -0.15) is 11.8 Å². The number of carbonyl (C=O) groups is 1. The molecule has 2 atom stereocenters. The van der Waals surface area contributed by atoms with Gasteiger partial charge in [0.25, 0.3) is 5.91 Å². The molecular weight excluding hydrogens is 330 g/mol. The van der Waals surface area contributed by atoms with Gasteiger partial charge in [0.05, 0.1) is 5.56 Å². The molecule has 1 aliphatic rings. The first-order chi connectivity index (χ1) is 8.47. The van der Waals surface area contributed by atoms with Gasteiger partial charge in [0.15, 0.2) is 0 Å². The highest BCUT2D eigenvalue weighted by Gasteiger charge is 2.27. The molecule has 18 heavy (non-hydrogen) atoms. The Hall–Kier alpha value is -0.130. The molecule has 0 bridgehead atoms. The zero-order valence-electron chi connectivity index (χ0n) is 10.4. The quantitative estimate of drug-likeness (QED) is 0.783. The Labute approximate surface area is 126 Å². The molecule has 1 heterocycles. The lowest BCUT2D eigenvalue weighted by atomic mass is 10.2. The van der Waals surface area contributed by atoms with Crippen molar-refractivity contribution in [1.29, 1.82) is 0 Å². The first kappa shape index (κ1) is 14.3. The summed E-state index contributed by atoms with van der Waals surface area (Å²) in [5, 5.41) is 0.994. The summed E-state index contributed by atoms with van der Waals surface area (Å²) in [5.41, 5.74) is 0.688. The molecule has 1 amide bonds. The normalized spacial score (nSPS) is 24.1. The zero-order chi connectivity index (χ0) is 13.3. The van der Waals surface area contributed by atoms with Gasteiger partial charge in [-0.1, -0.05) is 29.8 Å². The second-order valence-electron chi connectivity index (χ2n) is 4.63. The van der Waals surface area contributed by atoms with E-state index in [-0.39, 0.29) is 5.91 Å². The Morgan fingerprint density at radius 1 is 1.39 bits per heavy atom. The molecule has 2 unspecified atom stereocenters. The Balaban J connectivity index is 2.20. The first-order valence-corrected chi connectivity index (χ1v) is 8.09. The molecule has 0 spiro atoms. The molecule has 1 aliphatic heterocycles. The topological polar surface area (TPSA) is 20.3 Å². The number of carbonyl (C=O) groups excluding carboxylic acids is 1. The molecule has 1 aromatic carbocycles. The van der Waals surface area contributed by atoms with Crippen molar-refractivity contribution in [1.82, 2.24) is 4.90 Å². The summed E-state index contributed by atoms with van der Waals surface area (Å²) >= 11 is 9.72. The Bertz CT molecular complexity index is 456. The van der Waals surface area contributed by atoms with Crippen molar-refractivity contribution in [3.63, 3.8) is 0 Å². The number of thiol groups is 1. The van der Waals surface area contributed by atoms with Crippen LogP contribution < -0.4 is 0 Å². The number of benzene rings is 1. The maximum atomic E-state index is 12.5. The van der Waals surface area contributed by atoms with Crippen LogP contribution >= 0.6 is 40.3 Å². The molecule has 0 radical (unpaired) electrons. The third kappa shape index (κ3) is 3.25. The van der Waals surface area contributed by atoms with E-state index < -0.39 is 0 Å². The molecule has 0 aliphatic carbocycles. The van der Waals surface area contributed by atoms with Crippen LogP contribution in [0.5, 0.6) is 0 Å². The van der Waals surface area contributed by atoms with Gasteiger partial charge in [-0.05, 0) is 18.2 Å². The third-order valence-corrected chi connectivity index (χ3v) is 4.99. The lowest BCUT2D eigenvalue weighted by Crippen LogP contribution is -2.44. The maximum Gasteiger partial charge on any atom is 0.255 e. The molecule has 1 fully saturated rings. The number of hydrogen-bond acceptors (Lipinski definition) is 3. The summed E-state index contributed by atoms with van der Waals surface area (Å²) in [5.74, 6) is 0.0894. The van der Waals surface area contributed by atoms with Gasteiger partial charge in [0.1, 0.15) is 0 Å². The summed E-state index contributed by atoms with van der Waals surface area (Å²) < 4.78 is 0.944. The summed E-state index contributed by atoms with van der Waals surface area (Å²) in [6, 6.07) is 5.59. The molecule has 2 rings (SSSR count). The average Bonchev–Trinajstić information content (AvgIpc) is 2.26. The van der Waals surface area contributed by atoms with E-state index >= 15 is 0 Å². The Morgan fingerprint density at radius 2 is 2.00 bits per heavy atom. The molecule has 0 saturated carbocycles. The van der Waals surface area contributed by atoms with Gasteiger partial charge in [0.2, 0.25) is 0 Å². The second-order valence-corrected chi connectivity index (χ2v) is 7.91. The zero-order valence-corrected chi connectivity index (χ0v) is 13.7. The van der Waals surface area contributed by atoms with Crippen molar-refractivity contribution < 1.29 is 4.79 Å². The van der Waals surface area contributed by atoms with E-state index in [1.807, 2.05) is 34.9 Å². The number of rotatable bonds is 1. The fraction of sp³-hybridized carbons (Fsp3) is 0.462. The fourth-order valence-corrected chi connectivity index (χ4v) is 4.37. The van der Waals surface area contributed by atoms with Crippen LogP contribution in [0.1, 0.15) is 24.2 Å². The number of amides is 1. The van der Waals surface area contributed by atoms with Crippen LogP contribution in [-0.2, 0) is 0 Å². The first-order valence-electron chi connectivity index (χ1n) is 5.90. The monoisotopic (exact) mass is 345 g/mol. The minimum Gasteiger partial charge on any atom is -0.336 e. The summed E-state index contributed by atoms with van der Waals surface area (Å²) in [4.78, 5) is 15.1. The Kier molecular flexibility index (Phi) is 4.67. The van der Waals surface area contributed by atoms with Gasteiger partial charge in [0, 0.05) is 33.0 Å². The van der Waals surface area contributed by atoms with Crippen LogP contribution in [0.4, 0.5) is 0 Å². The third-order valence-electron chi connectivity index (χ3n) is 2.90. The van der Waals surface area contributed by atoms with Gasteiger partial charge in [-0.25, -0.2) is 0 Å².